The summed E-state index contributed by atoms with van der Waals surface area (Å²) in [7, 11) is 0. The fourth-order valence-electron chi connectivity index (χ4n) is 3.14. The van der Waals surface area contributed by atoms with Crippen molar-refractivity contribution in [2.45, 2.75) is 56.2 Å². The van der Waals surface area contributed by atoms with Crippen molar-refractivity contribution in [3.05, 3.63) is 29.8 Å². The van der Waals surface area contributed by atoms with Gasteiger partial charge < -0.3 is 15.2 Å². The number of nitrogens with one attached hydrogen (secondary N) is 1. The number of halogens is 2. The Labute approximate surface area is 123 Å². The maximum atomic E-state index is 13.7. The van der Waals surface area contributed by atoms with E-state index in [0.29, 0.717) is 12.5 Å². The molecule has 2 N–H and O–H groups in total. The first kappa shape index (κ1) is 14.7. The van der Waals surface area contributed by atoms with Crippen molar-refractivity contribution in [1.82, 2.24) is 5.32 Å². The zero-order valence-electron chi connectivity index (χ0n) is 11.9. The van der Waals surface area contributed by atoms with Gasteiger partial charge in [-0.05, 0) is 44.2 Å². The van der Waals surface area contributed by atoms with E-state index in [2.05, 4.69) is 5.32 Å². The second kappa shape index (κ2) is 5.89. The van der Waals surface area contributed by atoms with Gasteiger partial charge in [-0.2, -0.15) is 0 Å². The number of hydrogen-bond donors (Lipinski definition) is 2. The van der Waals surface area contributed by atoms with Crippen LogP contribution in [-0.4, -0.2) is 29.4 Å². The van der Waals surface area contributed by atoms with Crippen molar-refractivity contribution in [3.63, 3.8) is 0 Å². The molecule has 1 aromatic rings. The summed E-state index contributed by atoms with van der Waals surface area (Å²) in [5.41, 5.74) is -0.339. The predicted molar refractivity (Wildman–Crippen MR) is 75.2 cm³/mol. The number of hydrogen-bond acceptors (Lipinski definition) is 3. The van der Waals surface area contributed by atoms with Gasteiger partial charge in [0.25, 0.3) is 0 Å². The van der Waals surface area contributed by atoms with E-state index in [1.807, 2.05) is 0 Å². The summed E-state index contributed by atoms with van der Waals surface area (Å²) in [6.45, 7) is 0.0506. The van der Waals surface area contributed by atoms with E-state index in [0.717, 1.165) is 50.3 Å². The molecule has 1 aromatic carbocycles. The van der Waals surface area contributed by atoms with E-state index in [4.69, 9.17) is 4.74 Å². The van der Waals surface area contributed by atoms with E-state index in [9.17, 15) is 13.9 Å². The van der Waals surface area contributed by atoms with Gasteiger partial charge in [0, 0.05) is 24.1 Å². The van der Waals surface area contributed by atoms with Crippen molar-refractivity contribution >= 4 is 0 Å². The maximum absolute atomic E-state index is 13.7. The normalized spacial score (nSPS) is 29.4. The van der Waals surface area contributed by atoms with Crippen molar-refractivity contribution in [2.24, 2.45) is 0 Å². The van der Waals surface area contributed by atoms with Gasteiger partial charge in [-0.3, -0.25) is 0 Å². The summed E-state index contributed by atoms with van der Waals surface area (Å²) in [6.07, 6.45) is 5.30. The number of aliphatic hydroxyl groups excluding tert-OH is 1. The highest BCUT2D eigenvalue weighted by molar-refractivity contribution is 5.25. The first-order valence-corrected chi connectivity index (χ1v) is 7.60. The molecule has 0 spiro atoms. The molecule has 0 aliphatic heterocycles. The number of aliphatic hydroxyl groups is 1. The van der Waals surface area contributed by atoms with Gasteiger partial charge in [0.15, 0.2) is 11.6 Å². The number of benzene rings is 1. The summed E-state index contributed by atoms with van der Waals surface area (Å²) in [5, 5.41) is 13.2. The Balaban J connectivity index is 1.68. The highest BCUT2D eigenvalue weighted by Crippen LogP contribution is 2.34. The van der Waals surface area contributed by atoms with Crippen LogP contribution in [0, 0.1) is 11.6 Å². The molecule has 21 heavy (non-hydrogen) atoms. The quantitative estimate of drug-likeness (QED) is 0.878. The van der Waals surface area contributed by atoms with Gasteiger partial charge in [0.2, 0.25) is 0 Å². The molecule has 116 valence electrons. The van der Waals surface area contributed by atoms with Crippen LogP contribution in [-0.2, 0) is 0 Å². The van der Waals surface area contributed by atoms with E-state index >= 15 is 0 Å². The van der Waals surface area contributed by atoms with Gasteiger partial charge >= 0.3 is 0 Å². The maximum Gasteiger partial charge on any atom is 0.165 e. The standard InChI is InChI=1S/C16H21F2NO2/c17-11-3-6-14(18)15(8-11)21-13-2-1-7-16(9-13,10-20)19-12-4-5-12/h3,6,8,12-13,19-20H,1-2,4-5,7,9-10H2. The molecule has 0 saturated heterocycles. The Morgan fingerprint density at radius 1 is 1.29 bits per heavy atom. The van der Waals surface area contributed by atoms with Crippen LogP contribution in [0.25, 0.3) is 0 Å². The topological polar surface area (TPSA) is 41.5 Å². The lowest BCUT2D eigenvalue weighted by atomic mass is 9.80. The smallest absolute Gasteiger partial charge is 0.165 e. The predicted octanol–water partition coefficient (Wildman–Crippen LogP) is 2.77. The third kappa shape index (κ3) is 3.52. The van der Waals surface area contributed by atoms with Crippen molar-refractivity contribution < 1.29 is 18.6 Å². The van der Waals surface area contributed by atoms with Crippen LogP contribution in [0.3, 0.4) is 0 Å². The van der Waals surface area contributed by atoms with Gasteiger partial charge in [0.05, 0.1) is 6.61 Å². The molecule has 0 radical (unpaired) electrons. The van der Waals surface area contributed by atoms with Crippen LogP contribution in [0.1, 0.15) is 38.5 Å². The molecule has 0 bridgehead atoms. The highest BCUT2D eigenvalue weighted by atomic mass is 19.1. The lowest BCUT2D eigenvalue weighted by molar-refractivity contribution is 0.0477. The fourth-order valence-corrected chi connectivity index (χ4v) is 3.14. The molecule has 3 nitrogen and oxygen atoms in total. The first-order valence-electron chi connectivity index (χ1n) is 7.60. The molecule has 2 aliphatic carbocycles. The molecular weight excluding hydrogens is 276 g/mol. The van der Waals surface area contributed by atoms with E-state index in [1.165, 1.54) is 0 Å². The minimum atomic E-state index is -0.549. The van der Waals surface area contributed by atoms with Gasteiger partial charge in [-0.15, -0.1) is 0 Å². The average molecular weight is 297 g/mol. The minimum Gasteiger partial charge on any atom is -0.487 e. The van der Waals surface area contributed by atoms with Crippen molar-refractivity contribution in [1.29, 1.82) is 0 Å². The highest BCUT2D eigenvalue weighted by Gasteiger charge is 2.40. The monoisotopic (exact) mass is 297 g/mol. The zero-order valence-corrected chi connectivity index (χ0v) is 11.9. The summed E-state index contributed by atoms with van der Waals surface area (Å²) >= 11 is 0. The molecule has 2 fully saturated rings. The first-order chi connectivity index (χ1) is 10.1. The van der Waals surface area contributed by atoms with Gasteiger partial charge in [0.1, 0.15) is 11.9 Å². The van der Waals surface area contributed by atoms with E-state index in [1.54, 1.807) is 0 Å². The lowest BCUT2D eigenvalue weighted by Gasteiger charge is -2.40. The molecule has 5 heteroatoms. The molecule has 3 rings (SSSR count). The average Bonchev–Trinajstić information content (AvgIpc) is 3.27. The summed E-state index contributed by atoms with van der Waals surface area (Å²) in [5.74, 6) is -1.10. The molecule has 0 amide bonds. The zero-order chi connectivity index (χ0) is 14.9. The third-order valence-electron chi connectivity index (χ3n) is 4.38. The molecule has 0 aromatic heterocycles. The Morgan fingerprint density at radius 2 is 2.10 bits per heavy atom. The summed E-state index contributed by atoms with van der Waals surface area (Å²) in [6, 6.07) is 3.73. The molecular formula is C16H21F2NO2. The van der Waals surface area contributed by atoms with Gasteiger partial charge in [-0.1, -0.05) is 0 Å². The Bertz CT molecular complexity index is 507. The summed E-state index contributed by atoms with van der Waals surface area (Å²) < 4.78 is 32.5. The second-order valence-electron chi connectivity index (χ2n) is 6.27. The van der Waals surface area contributed by atoms with Crippen LogP contribution in [0.2, 0.25) is 0 Å². The number of rotatable bonds is 5. The van der Waals surface area contributed by atoms with Crippen LogP contribution < -0.4 is 10.1 Å². The van der Waals surface area contributed by atoms with Crippen LogP contribution in [0.5, 0.6) is 5.75 Å². The molecule has 2 aliphatic rings. The van der Waals surface area contributed by atoms with Gasteiger partial charge in [-0.25, -0.2) is 8.78 Å². The lowest BCUT2D eigenvalue weighted by Crippen LogP contribution is -2.54. The molecule has 2 unspecified atom stereocenters. The largest absolute Gasteiger partial charge is 0.487 e. The van der Waals surface area contributed by atoms with E-state index < -0.39 is 11.6 Å². The van der Waals surface area contributed by atoms with Crippen LogP contribution >= 0.6 is 0 Å². The van der Waals surface area contributed by atoms with E-state index in [-0.39, 0.29) is 24.0 Å². The molecule has 2 atom stereocenters. The van der Waals surface area contributed by atoms with Crippen LogP contribution in [0.4, 0.5) is 8.78 Å². The van der Waals surface area contributed by atoms with Crippen molar-refractivity contribution in [2.75, 3.05) is 6.61 Å². The minimum absolute atomic E-state index is 0.0415. The molecule has 0 heterocycles. The van der Waals surface area contributed by atoms with Crippen molar-refractivity contribution in [3.8, 4) is 5.75 Å². The number of ether oxygens (including phenoxy) is 1. The Kier molecular flexibility index (Phi) is 4.13. The Morgan fingerprint density at radius 3 is 2.81 bits per heavy atom. The second-order valence-corrected chi connectivity index (χ2v) is 6.27. The third-order valence-corrected chi connectivity index (χ3v) is 4.38. The SMILES string of the molecule is OCC1(NC2CC2)CCCC(Oc2cc(F)ccc2F)C1. The molecule has 2 saturated carbocycles. The Hall–Kier alpha value is -1.20. The fraction of sp³-hybridized carbons (Fsp3) is 0.625. The van der Waals surface area contributed by atoms with Crippen LogP contribution in [0.15, 0.2) is 18.2 Å². The summed E-state index contributed by atoms with van der Waals surface area (Å²) in [4.78, 5) is 0.